The van der Waals surface area contributed by atoms with Gasteiger partial charge in [0.25, 0.3) is 0 Å². The maximum absolute atomic E-state index is 5.19. The number of methoxy groups -OCH3 is 1. The van der Waals surface area contributed by atoms with Crippen LogP contribution in [0.2, 0.25) is 0 Å². The fraction of sp³-hybridized carbons (Fsp3) is 0.529. The Hall–Kier alpha value is -2.44. The van der Waals surface area contributed by atoms with Crippen LogP contribution in [0.3, 0.4) is 0 Å². The highest BCUT2D eigenvalue weighted by molar-refractivity contribution is 5.46. The molecule has 0 bridgehead atoms. The number of ether oxygens (including phenoxy) is 1. The zero-order chi connectivity index (χ0) is 16.5. The molecule has 0 N–H and O–H groups in total. The second-order valence-electron chi connectivity index (χ2n) is 6.39. The third kappa shape index (κ3) is 3.11. The van der Waals surface area contributed by atoms with Crippen molar-refractivity contribution in [2.75, 3.05) is 43.1 Å². The Morgan fingerprint density at radius 3 is 2.33 bits per heavy atom. The van der Waals surface area contributed by atoms with E-state index in [1.54, 1.807) is 13.4 Å². The molecule has 3 heterocycles. The Bertz CT molecular complexity index is 725. The van der Waals surface area contributed by atoms with E-state index >= 15 is 0 Å². The number of anilines is 2. The minimum absolute atomic E-state index is 0.582. The van der Waals surface area contributed by atoms with Gasteiger partial charge in [-0.2, -0.15) is 0 Å². The minimum Gasteiger partial charge on any atom is -0.481 e. The number of hydrogen-bond donors (Lipinski definition) is 0. The standard InChI is InChI=1S/C17H22N6O/c1-12-9-15(21-17(20-12)13-3-4-13)23-7-5-22(6-8-23)14-10-16(24-2)19-11-18-14/h9-11,13H,3-8H2,1-2H3. The van der Waals surface area contributed by atoms with E-state index in [9.17, 15) is 0 Å². The normalized spacial score (nSPS) is 17.9. The van der Waals surface area contributed by atoms with E-state index in [0.29, 0.717) is 11.8 Å². The molecule has 2 aromatic heterocycles. The molecule has 4 rings (SSSR count). The Labute approximate surface area is 141 Å². The van der Waals surface area contributed by atoms with Gasteiger partial charge in [-0.3, -0.25) is 0 Å². The molecule has 1 saturated carbocycles. The zero-order valence-corrected chi connectivity index (χ0v) is 14.1. The molecule has 0 atom stereocenters. The van der Waals surface area contributed by atoms with Gasteiger partial charge in [-0.1, -0.05) is 0 Å². The molecule has 2 aromatic rings. The van der Waals surface area contributed by atoms with Crippen molar-refractivity contribution in [3.8, 4) is 5.88 Å². The summed E-state index contributed by atoms with van der Waals surface area (Å²) in [6.45, 7) is 5.71. The van der Waals surface area contributed by atoms with E-state index in [0.717, 1.165) is 49.3 Å². The quantitative estimate of drug-likeness (QED) is 0.848. The van der Waals surface area contributed by atoms with Crippen molar-refractivity contribution in [2.24, 2.45) is 0 Å². The second kappa shape index (κ2) is 6.22. The first-order valence-electron chi connectivity index (χ1n) is 8.44. The summed E-state index contributed by atoms with van der Waals surface area (Å²) in [5.41, 5.74) is 1.06. The smallest absolute Gasteiger partial charge is 0.218 e. The Kier molecular flexibility index (Phi) is 3.92. The average Bonchev–Trinajstić information content (AvgIpc) is 3.47. The van der Waals surface area contributed by atoms with Crippen LogP contribution in [0.25, 0.3) is 0 Å². The summed E-state index contributed by atoms with van der Waals surface area (Å²) in [5, 5.41) is 0. The van der Waals surface area contributed by atoms with Gasteiger partial charge in [-0.15, -0.1) is 0 Å². The molecule has 0 radical (unpaired) electrons. The van der Waals surface area contributed by atoms with Crippen molar-refractivity contribution in [2.45, 2.75) is 25.7 Å². The van der Waals surface area contributed by atoms with Crippen LogP contribution >= 0.6 is 0 Å². The van der Waals surface area contributed by atoms with Crippen LogP contribution in [0.4, 0.5) is 11.6 Å². The highest BCUT2D eigenvalue weighted by Gasteiger charge is 2.28. The highest BCUT2D eigenvalue weighted by atomic mass is 16.5. The summed E-state index contributed by atoms with van der Waals surface area (Å²) >= 11 is 0. The van der Waals surface area contributed by atoms with Gasteiger partial charge >= 0.3 is 0 Å². The first-order chi connectivity index (χ1) is 11.7. The molecule has 126 valence electrons. The largest absolute Gasteiger partial charge is 0.481 e. The van der Waals surface area contributed by atoms with Crippen molar-refractivity contribution in [3.63, 3.8) is 0 Å². The third-order valence-electron chi connectivity index (χ3n) is 4.56. The van der Waals surface area contributed by atoms with E-state index in [4.69, 9.17) is 9.72 Å². The van der Waals surface area contributed by atoms with Crippen LogP contribution in [0.1, 0.15) is 30.3 Å². The zero-order valence-electron chi connectivity index (χ0n) is 14.1. The van der Waals surface area contributed by atoms with Crippen LogP contribution in [-0.2, 0) is 0 Å². The van der Waals surface area contributed by atoms with E-state index < -0.39 is 0 Å². The molecule has 24 heavy (non-hydrogen) atoms. The van der Waals surface area contributed by atoms with Gasteiger partial charge in [-0.05, 0) is 19.8 Å². The fourth-order valence-corrected chi connectivity index (χ4v) is 3.04. The molecule has 1 saturated heterocycles. The number of rotatable bonds is 4. The summed E-state index contributed by atoms with van der Waals surface area (Å²) in [5.74, 6) is 4.18. The van der Waals surface area contributed by atoms with Gasteiger partial charge in [0, 0.05) is 49.9 Å². The maximum Gasteiger partial charge on any atom is 0.218 e. The van der Waals surface area contributed by atoms with Gasteiger partial charge in [0.1, 0.15) is 23.8 Å². The maximum atomic E-state index is 5.19. The third-order valence-corrected chi connectivity index (χ3v) is 4.56. The number of nitrogens with zero attached hydrogens (tertiary/aromatic N) is 6. The lowest BCUT2D eigenvalue weighted by Gasteiger charge is -2.36. The molecule has 0 amide bonds. The lowest BCUT2D eigenvalue weighted by Crippen LogP contribution is -2.47. The molecule has 2 aliphatic rings. The molecular formula is C17H22N6O. The van der Waals surface area contributed by atoms with Crippen LogP contribution in [0.15, 0.2) is 18.5 Å². The molecule has 1 aliphatic carbocycles. The van der Waals surface area contributed by atoms with E-state index in [-0.39, 0.29) is 0 Å². The minimum atomic E-state index is 0.582. The first-order valence-corrected chi connectivity index (χ1v) is 8.44. The molecule has 7 nitrogen and oxygen atoms in total. The van der Waals surface area contributed by atoms with E-state index in [1.807, 2.05) is 6.07 Å². The second-order valence-corrected chi connectivity index (χ2v) is 6.39. The fourth-order valence-electron chi connectivity index (χ4n) is 3.04. The molecule has 0 spiro atoms. The van der Waals surface area contributed by atoms with Crippen LogP contribution in [-0.4, -0.2) is 53.2 Å². The number of aryl methyl sites for hydroxylation is 1. The van der Waals surface area contributed by atoms with Crippen molar-refractivity contribution >= 4 is 11.6 Å². The lowest BCUT2D eigenvalue weighted by atomic mass is 10.2. The van der Waals surface area contributed by atoms with Crippen LogP contribution < -0.4 is 14.5 Å². The average molecular weight is 326 g/mol. The Morgan fingerprint density at radius 2 is 1.67 bits per heavy atom. The Morgan fingerprint density at radius 1 is 0.958 bits per heavy atom. The summed E-state index contributed by atoms with van der Waals surface area (Å²) in [6, 6.07) is 3.98. The number of piperazine rings is 1. The van der Waals surface area contributed by atoms with Gasteiger partial charge in [0.2, 0.25) is 5.88 Å². The lowest BCUT2D eigenvalue weighted by molar-refractivity contribution is 0.396. The highest BCUT2D eigenvalue weighted by Crippen LogP contribution is 2.38. The number of hydrogen-bond acceptors (Lipinski definition) is 7. The van der Waals surface area contributed by atoms with Crippen molar-refractivity contribution in [1.29, 1.82) is 0 Å². The molecule has 2 fully saturated rings. The SMILES string of the molecule is COc1cc(N2CCN(c3cc(C)nc(C4CC4)n3)CC2)ncn1. The van der Waals surface area contributed by atoms with Crippen LogP contribution in [0.5, 0.6) is 5.88 Å². The number of aromatic nitrogens is 4. The predicted molar refractivity (Wildman–Crippen MR) is 91.8 cm³/mol. The molecule has 0 unspecified atom stereocenters. The summed E-state index contributed by atoms with van der Waals surface area (Å²) in [7, 11) is 1.62. The summed E-state index contributed by atoms with van der Waals surface area (Å²) < 4.78 is 5.19. The van der Waals surface area contributed by atoms with E-state index in [2.05, 4.69) is 37.7 Å². The summed E-state index contributed by atoms with van der Waals surface area (Å²) in [6.07, 6.45) is 4.01. The predicted octanol–water partition coefficient (Wildman–Crippen LogP) is 1.79. The molecule has 0 aromatic carbocycles. The first kappa shape index (κ1) is 15.1. The van der Waals surface area contributed by atoms with Gasteiger partial charge in [-0.25, -0.2) is 19.9 Å². The molecule has 1 aliphatic heterocycles. The Balaban J connectivity index is 1.46. The van der Waals surface area contributed by atoms with Gasteiger partial charge in [0.15, 0.2) is 0 Å². The molecular weight excluding hydrogens is 304 g/mol. The summed E-state index contributed by atoms with van der Waals surface area (Å²) in [4.78, 5) is 22.4. The topological polar surface area (TPSA) is 67.3 Å². The monoisotopic (exact) mass is 326 g/mol. The van der Waals surface area contributed by atoms with Crippen molar-refractivity contribution in [3.05, 3.63) is 30.0 Å². The van der Waals surface area contributed by atoms with E-state index in [1.165, 1.54) is 12.8 Å². The van der Waals surface area contributed by atoms with Crippen molar-refractivity contribution in [1.82, 2.24) is 19.9 Å². The van der Waals surface area contributed by atoms with Crippen molar-refractivity contribution < 1.29 is 4.74 Å². The van der Waals surface area contributed by atoms with Gasteiger partial charge < -0.3 is 14.5 Å². The molecule has 7 heteroatoms. The van der Waals surface area contributed by atoms with Crippen LogP contribution in [0, 0.1) is 6.92 Å². The van der Waals surface area contributed by atoms with Gasteiger partial charge in [0.05, 0.1) is 7.11 Å².